The lowest BCUT2D eigenvalue weighted by Crippen LogP contribution is -2.15. The first-order chi connectivity index (χ1) is 14.5. The van der Waals surface area contributed by atoms with Crippen molar-refractivity contribution in [2.45, 2.75) is 0 Å². The lowest BCUT2D eigenvalue weighted by atomic mass is 10.0. The van der Waals surface area contributed by atoms with Crippen LogP contribution in [0.1, 0.15) is 10.4 Å². The summed E-state index contributed by atoms with van der Waals surface area (Å²) in [5.41, 5.74) is 1.59. The molecule has 0 fully saturated rings. The van der Waals surface area contributed by atoms with Gasteiger partial charge in [-0.15, -0.1) is 0 Å². The van der Waals surface area contributed by atoms with Crippen LogP contribution in [0.3, 0.4) is 0 Å². The second-order valence-corrected chi connectivity index (χ2v) is 6.48. The molecule has 0 unspecified atom stereocenters. The minimum Gasteiger partial charge on any atom is -0.497 e. The maximum absolute atomic E-state index is 14.0. The van der Waals surface area contributed by atoms with Crippen LogP contribution in [-0.4, -0.2) is 18.0 Å². The third-order valence-electron chi connectivity index (χ3n) is 4.63. The number of hydrogen-bond acceptors (Lipinski definition) is 3. The van der Waals surface area contributed by atoms with E-state index in [1.165, 1.54) is 0 Å². The fourth-order valence-electron chi connectivity index (χ4n) is 3.09. The highest BCUT2D eigenvalue weighted by atomic mass is 19.2. The molecule has 4 nitrogen and oxygen atoms in total. The SMILES string of the molecule is COc1ccc(-c2cc(C(=O)Nc3ccc(F)c(F)c3F)c3ccccc3n2)cc1. The summed E-state index contributed by atoms with van der Waals surface area (Å²) in [5.74, 6) is -4.44. The Bertz CT molecular complexity index is 1260. The summed E-state index contributed by atoms with van der Waals surface area (Å²) in [5, 5.41) is 2.85. The summed E-state index contributed by atoms with van der Waals surface area (Å²) >= 11 is 0. The summed E-state index contributed by atoms with van der Waals surface area (Å²) in [6.45, 7) is 0. The summed E-state index contributed by atoms with van der Waals surface area (Å²) in [6, 6.07) is 17.4. The smallest absolute Gasteiger partial charge is 0.256 e. The van der Waals surface area contributed by atoms with Crippen molar-refractivity contribution in [3.8, 4) is 17.0 Å². The number of carbonyl (C=O) groups excluding carboxylic acids is 1. The molecule has 0 saturated carbocycles. The van der Waals surface area contributed by atoms with Gasteiger partial charge in [0.15, 0.2) is 17.5 Å². The number of nitrogens with one attached hydrogen (secondary N) is 1. The average molecular weight is 408 g/mol. The van der Waals surface area contributed by atoms with E-state index in [1.54, 1.807) is 61.7 Å². The number of halogens is 3. The molecular formula is C23H15F3N2O2. The molecule has 0 aliphatic carbocycles. The standard InChI is InChI=1S/C23H15F3N2O2/c1-30-14-8-6-13(7-9-14)20-12-16(15-4-2-3-5-18(15)27-20)23(29)28-19-11-10-17(24)21(25)22(19)26/h2-12H,1H3,(H,28,29). The van der Waals surface area contributed by atoms with E-state index in [-0.39, 0.29) is 5.56 Å². The number of rotatable bonds is 4. The fourth-order valence-corrected chi connectivity index (χ4v) is 3.09. The molecule has 0 radical (unpaired) electrons. The van der Waals surface area contributed by atoms with Gasteiger partial charge in [-0.3, -0.25) is 4.79 Å². The van der Waals surface area contributed by atoms with Gasteiger partial charge >= 0.3 is 0 Å². The molecular weight excluding hydrogens is 393 g/mol. The van der Waals surface area contributed by atoms with Gasteiger partial charge < -0.3 is 10.1 Å². The Kier molecular flexibility index (Phi) is 5.10. The van der Waals surface area contributed by atoms with E-state index >= 15 is 0 Å². The maximum Gasteiger partial charge on any atom is 0.256 e. The van der Waals surface area contributed by atoms with Crippen LogP contribution in [0, 0.1) is 17.5 Å². The number of fused-ring (bicyclic) bond motifs is 1. The predicted octanol–water partition coefficient (Wildman–Crippen LogP) is 5.58. The highest BCUT2D eigenvalue weighted by Gasteiger charge is 2.18. The maximum atomic E-state index is 14.0. The molecule has 0 atom stereocenters. The number of benzene rings is 3. The third-order valence-corrected chi connectivity index (χ3v) is 4.63. The van der Waals surface area contributed by atoms with Gasteiger partial charge in [-0.2, -0.15) is 0 Å². The number of carbonyl (C=O) groups is 1. The predicted molar refractivity (Wildman–Crippen MR) is 108 cm³/mol. The summed E-state index contributed by atoms with van der Waals surface area (Å²) in [6.07, 6.45) is 0. The van der Waals surface area contributed by atoms with Crippen LogP contribution in [0.15, 0.2) is 66.7 Å². The number of para-hydroxylation sites is 1. The molecule has 0 aliphatic heterocycles. The van der Waals surface area contributed by atoms with E-state index in [9.17, 15) is 18.0 Å². The number of amides is 1. The zero-order valence-electron chi connectivity index (χ0n) is 15.7. The molecule has 30 heavy (non-hydrogen) atoms. The second-order valence-electron chi connectivity index (χ2n) is 6.48. The third kappa shape index (κ3) is 3.57. The minimum atomic E-state index is -1.65. The monoisotopic (exact) mass is 408 g/mol. The van der Waals surface area contributed by atoms with Crippen molar-refractivity contribution in [1.82, 2.24) is 4.98 Å². The number of ether oxygens (including phenoxy) is 1. The van der Waals surface area contributed by atoms with Gasteiger partial charge in [0.2, 0.25) is 0 Å². The van der Waals surface area contributed by atoms with E-state index in [4.69, 9.17) is 4.74 Å². The topological polar surface area (TPSA) is 51.2 Å². The molecule has 150 valence electrons. The molecule has 1 N–H and O–H groups in total. The highest BCUT2D eigenvalue weighted by Crippen LogP contribution is 2.28. The Morgan fingerprint density at radius 2 is 1.67 bits per heavy atom. The van der Waals surface area contributed by atoms with Crippen molar-refractivity contribution >= 4 is 22.5 Å². The minimum absolute atomic E-state index is 0.218. The van der Waals surface area contributed by atoms with Gasteiger partial charge in [0.05, 0.1) is 29.6 Å². The van der Waals surface area contributed by atoms with Crippen molar-refractivity contribution < 1.29 is 22.7 Å². The van der Waals surface area contributed by atoms with Gasteiger partial charge in [0.25, 0.3) is 5.91 Å². The Labute approximate surface area is 169 Å². The highest BCUT2D eigenvalue weighted by molar-refractivity contribution is 6.13. The number of pyridine rings is 1. The van der Waals surface area contributed by atoms with E-state index < -0.39 is 29.0 Å². The zero-order chi connectivity index (χ0) is 21.3. The quantitative estimate of drug-likeness (QED) is 0.449. The summed E-state index contributed by atoms with van der Waals surface area (Å²) < 4.78 is 45.9. The van der Waals surface area contributed by atoms with Crippen LogP contribution in [0.4, 0.5) is 18.9 Å². The van der Waals surface area contributed by atoms with Gasteiger partial charge in [0.1, 0.15) is 5.75 Å². The summed E-state index contributed by atoms with van der Waals surface area (Å²) in [7, 11) is 1.56. The van der Waals surface area contributed by atoms with Gasteiger partial charge in [-0.25, -0.2) is 18.2 Å². The molecule has 1 amide bonds. The van der Waals surface area contributed by atoms with Crippen LogP contribution in [0.5, 0.6) is 5.75 Å². The van der Waals surface area contributed by atoms with Crippen LogP contribution in [-0.2, 0) is 0 Å². The van der Waals surface area contributed by atoms with E-state index in [1.807, 2.05) is 0 Å². The summed E-state index contributed by atoms with van der Waals surface area (Å²) in [4.78, 5) is 17.5. The van der Waals surface area contributed by atoms with Crippen molar-refractivity contribution in [1.29, 1.82) is 0 Å². The number of anilines is 1. The van der Waals surface area contributed by atoms with E-state index in [0.717, 1.165) is 17.7 Å². The van der Waals surface area contributed by atoms with Crippen LogP contribution in [0.25, 0.3) is 22.2 Å². The van der Waals surface area contributed by atoms with Crippen LogP contribution < -0.4 is 10.1 Å². The van der Waals surface area contributed by atoms with Gasteiger partial charge in [0, 0.05) is 10.9 Å². The fraction of sp³-hybridized carbons (Fsp3) is 0.0435. The van der Waals surface area contributed by atoms with Crippen molar-refractivity contribution in [2.75, 3.05) is 12.4 Å². The lowest BCUT2D eigenvalue weighted by Gasteiger charge is -2.12. The second kappa shape index (κ2) is 7.87. The number of methoxy groups -OCH3 is 1. The van der Waals surface area contributed by atoms with Crippen LogP contribution >= 0.6 is 0 Å². The molecule has 3 aromatic carbocycles. The van der Waals surface area contributed by atoms with Gasteiger partial charge in [-0.1, -0.05) is 18.2 Å². The largest absolute Gasteiger partial charge is 0.497 e. The molecule has 7 heteroatoms. The molecule has 4 aromatic rings. The van der Waals surface area contributed by atoms with Gasteiger partial charge in [-0.05, 0) is 48.5 Å². The zero-order valence-corrected chi connectivity index (χ0v) is 15.7. The lowest BCUT2D eigenvalue weighted by molar-refractivity contribution is 0.102. The van der Waals surface area contributed by atoms with Crippen molar-refractivity contribution in [3.63, 3.8) is 0 Å². The number of nitrogens with zero attached hydrogens (tertiary/aromatic N) is 1. The Balaban J connectivity index is 1.79. The normalized spacial score (nSPS) is 10.8. The number of aromatic nitrogens is 1. The number of hydrogen-bond donors (Lipinski definition) is 1. The Morgan fingerprint density at radius 1 is 0.933 bits per heavy atom. The van der Waals surface area contributed by atoms with E-state index in [2.05, 4.69) is 10.3 Å². The molecule has 0 saturated heterocycles. The van der Waals surface area contributed by atoms with E-state index in [0.29, 0.717) is 22.3 Å². The Morgan fingerprint density at radius 3 is 2.40 bits per heavy atom. The molecule has 4 rings (SSSR count). The first-order valence-corrected chi connectivity index (χ1v) is 8.97. The molecule has 1 aromatic heterocycles. The van der Waals surface area contributed by atoms with Crippen molar-refractivity contribution in [3.05, 3.63) is 89.7 Å². The average Bonchev–Trinajstić information content (AvgIpc) is 2.78. The Hall–Kier alpha value is -3.87. The molecule has 1 heterocycles. The first kappa shape index (κ1) is 19.4. The van der Waals surface area contributed by atoms with Crippen LogP contribution in [0.2, 0.25) is 0 Å². The molecule has 0 aliphatic rings. The molecule has 0 bridgehead atoms. The van der Waals surface area contributed by atoms with Crippen molar-refractivity contribution in [2.24, 2.45) is 0 Å². The first-order valence-electron chi connectivity index (χ1n) is 8.97. The molecule has 0 spiro atoms.